The lowest BCUT2D eigenvalue weighted by Gasteiger charge is -2.04. The maximum atomic E-state index is 9.90. The zero-order valence-corrected chi connectivity index (χ0v) is 9.76. The first kappa shape index (κ1) is 10.2. The Morgan fingerprint density at radius 1 is 1.06 bits per heavy atom. The predicted molar refractivity (Wildman–Crippen MR) is 69.1 cm³/mol. The number of nitrogens with zero attached hydrogens (tertiary/aromatic N) is 2. The fraction of sp³-hybridized carbons (Fsp3) is 0. The van der Waals surface area contributed by atoms with Gasteiger partial charge in [0.05, 0.1) is 0 Å². The lowest BCUT2D eigenvalue weighted by atomic mass is 10.3. The number of aromatic hydroxyl groups is 1. The Bertz CT molecular complexity index is 649. The molecule has 0 amide bonds. The summed E-state index contributed by atoms with van der Waals surface area (Å²) in [6.45, 7) is 0. The van der Waals surface area contributed by atoms with Gasteiger partial charge >= 0.3 is 0 Å². The standard InChI is InChI=1S/C13H10N2OS/c16-12-9-10-5-4-8-14-13(10)15(12)17-11-6-2-1-3-7-11/h1-9,16H. The van der Waals surface area contributed by atoms with Crippen molar-refractivity contribution in [1.29, 1.82) is 0 Å². The Morgan fingerprint density at radius 3 is 2.71 bits per heavy atom. The van der Waals surface area contributed by atoms with E-state index in [1.165, 1.54) is 11.9 Å². The molecular formula is C13H10N2OS. The average molecular weight is 242 g/mol. The molecule has 0 saturated carbocycles. The first-order chi connectivity index (χ1) is 8.34. The lowest BCUT2D eigenvalue weighted by Crippen LogP contribution is -1.87. The van der Waals surface area contributed by atoms with Gasteiger partial charge in [0, 0.05) is 22.5 Å². The van der Waals surface area contributed by atoms with Gasteiger partial charge in [0.1, 0.15) is 0 Å². The number of fused-ring (bicyclic) bond motifs is 1. The molecule has 2 aromatic heterocycles. The van der Waals surface area contributed by atoms with Gasteiger partial charge in [-0.1, -0.05) is 18.2 Å². The van der Waals surface area contributed by atoms with Crippen molar-refractivity contribution in [3.05, 3.63) is 54.7 Å². The number of benzene rings is 1. The van der Waals surface area contributed by atoms with Gasteiger partial charge in [-0.05, 0) is 36.2 Å². The van der Waals surface area contributed by atoms with Gasteiger partial charge < -0.3 is 5.11 Å². The number of rotatable bonds is 2. The first-order valence-electron chi connectivity index (χ1n) is 5.23. The van der Waals surface area contributed by atoms with Gasteiger partial charge in [-0.2, -0.15) is 0 Å². The molecule has 0 bridgehead atoms. The molecule has 0 aliphatic carbocycles. The number of aromatic nitrogens is 2. The molecule has 1 N–H and O–H groups in total. The topological polar surface area (TPSA) is 38.1 Å². The summed E-state index contributed by atoms with van der Waals surface area (Å²) in [5, 5.41) is 10.8. The van der Waals surface area contributed by atoms with Gasteiger partial charge in [0.2, 0.25) is 5.88 Å². The summed E-state index contributed by atoms with van der Waals surface area (Å²) in [6, 6.07) is 15.4. The second kappa shape index (κ2) is 4.14. The van der Waals surface area contributed by atoms with Crippen molar-refractivity contribution in [2.24, 2.45) is 0 Å². The van der Waals surface area contributed by atoms with E-state index in [4.69, 9.17) is 0 Å². The summed E-state index contributed by atoms with van der Waals surface area (Å²) >= 11 is 1.45. The van der Waals surface area contributed by atoms with E-state index < -0.39 is 0 Å². The normalized spacial score (nSPS) is 10.8. The van der Waals surface area contributed by atoms with Crippen molar-refractivity contribution >= 4 is 23.0 Å². The molecule has 84 valence electrons. The molecule has 3 nitrogen and oxygen atoms in total. The summed E-state index contributed by atoms with van der Waals surface area (Å²) in [5.41, 5.74) is 0.777. The maximum Gasteiger partial charge on any atom is 0.204 e. The Balaban J connectivity index is 2.08. The molecule has 0 aliphatic rings. The minimum Gasteiger partial charge on any atom is -0.494 e. The fourth-order valence-electron chi connectivity index (χ4n) is 1.67. The van der Waals surface area contributed by atoms with Crippen LogP contribution in [0, 0.1) is 0 Å². The SMILES string of the molecule is Oc1cc2cccnc2n1Sc1ccccc1. The maximum absolute atomic E-state index is 9.90. The van der Waals surface area contributed by atoms with Crippen molar-refractivity contribution in [3.8, 4) is 5.88 Å². The molecule has 3 aromatic rings. The van der Waals surface area contributed by atoms with Crippen LogP contribution >= 0.6 is 11.9 Å². The van der Waals surface area contributed by atoms with E-state index in [1.807, 2.05) is 42.5 Å². The highest BCUT2D eigenvalue weighted by molar-refractivity contribution is 7.98. The molecule has 1 aromatic carbocycles. The third-order valence-corrected chi connectivity index (χ3v) is 3.47. The summed E-state index contributed by atoms with van der Waals surface area (Å²) in [7, 11) is 0. The number of pyridine rings is 1. The molecule has 3 rings (SSSR count). The Hall–Kier alpha value is -1.94. The molecule has 4 heteroatoms. The van der Waals surface area contributed by atoms with Crippen molar-refractivity contribution in [2.75, 3.05) is 0 Å². The van der Waals surface area contributed by atoms with Gasteiger partial charge in [0.15, 0.2) is 5.65 Å². The Labute approximate surface area is 103 Å². The zero-order chi connectivity index (χ0) is 11.7. The highest BCUT2D eigenvalue weighted by Gasteiger charge is 2.09. The summed E-state index contributed by atoms with van der Waals surface area (Å²) in [5.74, 6) is 0.215. The molecule has 0 radical (unpaired) electrons. The van der Waals surface area contributed by atoms with E-state index in [-0.39, 0.29) is 5.88 Å². The second-order valence-electron chi connectivity index (χ2n) is 3.62. The van der Waals surface area contributed by atoms with Crippen molar-refractivity contribution in [3.63, 3.8) is 0 Å². The molecule has 17 heavy (non-hydrogen) atoms. The zero-order valence-electron chi connectivity index (χ0n) is 8.95. The fourth-order valence-corrected chi connectivity index (χ4v) is 2.55. The molecule has 0 spiro atoms. The largest absolute Gasteiger partial charge is 0.494 e. The average Bonchev–Trinajstić information content (AvgIpc) is 2.68. The predicted octanol–water partition coefficient (Wildman–Crippen LogP) is 3.30. The van der Waals surface area contributed by atoms with Crippen LogP contribution in [-0.4, -0.2) is 14.1 Å². The molecule has 0 unspecified atom stereocenters. The molecule has 0 saturated heterocycles. The molecular weight excluding hydrogens is 232 g/mol. The van der Waals surface area contributed by atoms with Crippen molar-refractivity contribution < 1.29 is 5.11 Å². The smallest absolute Gasteiger partial charge is 0.204 e. The molecule has 0 fully saturated rings. The summed E-state index contributed by atoms with van der Waals surface area (Å²) < 4.78 is 1.73. The van der Waals surface area contributed by atoms with Crippen molar-refractivity contribution in [1.82, 2.24) is 8.96 Å². The van der Waals surface area contributed by atoms with Gasteiger partial charge in [-0.15, -0.1) is 0 Å². The summed E-state index contributed by atoms with van der Waals surface area (Å²) in [4.78, 5) is 5.34. The number of hydrogen-bond donors (Lipinski definition) is 1. The number of hydrogen-bond acceptors (Lipinski definition) is 3. The van der Waals surface area contributed by atoms with Gasteiger partial charge in [0.25, 0.3) is 0 Å². The Morgan fingerprint density at radius 2 is 1.88 bits per heavy atom. The van der Waals surface area contributed by atoms with E-state index in [0.29, 0.717) is 0 Å². The monoisotopic (exact) mass is 242 g/mol. The van der Waals surface area contributed by atoms with Crippen LogP contribution in [0.2, 0.25) is 0 Å². The lowest BCUT2D eigenvalue weighted by molar-refractivity contribution is 0.453. The van der Waals surface area contributed by atoms with Crippen LogP contribution in [-0.2, 0) is 0 Å². The van der Waals surface area contributed by atoms with Gasteiger partial charge in [-0.3, -0.25) is 0 Å². The van der Waals surface area contributed by atoms with E-state index in [1.54, 1.807) is 16.2 Å². The minimum atomic E-state index is 0.215. The van der Waals surface area contributed by atoms with Crippen LogP contribution < -0.4 is 0 Å². The first-order valence-corrected chi connectivity index (χ1v) is 6.01. The summed E-state index contributed by atoms with van der Waals surface area (Å²) in [6.07, 6.45) is 1.73. The molecule has 0 atom stereocenters. The van der Waals surface area contributed by atoms with Crippen LogP contribution in [0.1, 0.15) is 0 Å². The van der Waals surface area contributed by atoms with E-state index in [9.17, 15) is 5.11 Å². The van der Waals surface area contributed by atoms with E-state index in [2.05, 4.69) is 4.98 Å². The third kappa shape index (κ3) is 1.87. The second-order valence-corrected chi connectivity index (χ2v) is 4.64. The van der Waals surface area contributed by atoms with Crippen LogP contribution in [0.3, 0.4) is 0 Å². The van der Waals surface area contributed by atoms with Gasteiger partial charge in [-0.25, -0.2) is 8.96 Å². The van der Waals surface area contributed by atoms with Crippen molar-refractivity contribution in [2.45, 2.75) is 4.90 Å². The van der Waals surface area contributed by atoms with Crippen LogP contribution in [0.5, 0.6) is 5.88 Å². The minimum absolute atomic E-state index is 0.215. The quantitative estimate of drug-likeness (QED) is 0.749. The van der Waals surface area contributed by atoms with E-state index in [0.717, 1.165) is 15.9 Å². The third-order valence-electron chi connectivity index (χ3n) is 2.44. The van der Waals surface area contributed by atoms with Crippen LogP contribution in [0.4, 0.5) is 0 Å². The van der Waals surface area contributed by atoms with Crippen LogP contribution in [0.25, 0.3) is 11.0 Å². The molecule has 0 aliphatic heterocycles. The molecule has 2 heterocycles. The highest BCUT2D eigenvalue weighted by Crippen LogP contribution is 2.31. The highest BCUT2D eigenvalue weighted by atomic mass is 32.2. The Kier molecular flexibility index (Phi) is 2.49. The van der Waals surface area contributed by atoms with Crippen LogP contribution in [0.15, 0.2) is 59.6 Å². The van der Waals surface area contributed by atoms with E-state index >= 15 is 0 Å².